The highest BCUT2D eigenvalue weighted by Crippen LogP contribution is 2.42. The summed E-state index contributed by atoms with van der Waals surface area (Å²) in [7, 11) is -1.47. The van der Waals surface area contributed by atoms with Gasteiger partial charge < -0.3 is 0 Å². The topological polar surface area (TPSA) is 0 Å². The predicted molar refractivity (Wildman–Crippen MR) is 231 cm³/mol. The van der Waals surface area contributed by atoms with E-state index in [-0.39, 0.29) is 0 Å². The molecular weight excluding hydrogens is 662 g/mol. The van der Waals surface area contributed by atoms with Crippen LogP contribution in [-0.4, -0.2) is 0 Å². The van der Waals surface area contributed by atoms with Crippen LogP contribution in [0.2, 0.25) is 0 Å². The van der Waals surface area contributed by atoms with Gasteiger partial charge in [0.05, 0.1) is 0 Å². The van der Waals surface area contributed by atoms with Gasteiger partial charge in [-0.1, -0.05) is 194 Å². The third-order valence-electron chi connectivity index (χ3n) is 10.3. The van der Waals surface area contributed by atoms with Gasteiger partial charge in [0.2, 0.25) is 0 Å². The molecule has 0 bridgehead atoms. The Bertz CT molecular complexity index is 2600. The van der Waals surface area contributed by atoms with E-state index in [1.165, 1.54) is 85.7 Å². The van der Waals surface area contributed by atoms with Crippen LogP contribution in [0.3, 0.4) is 0 Å². The van der Waals surface area contributed by atoms with Crippen LogP contribution in [0, 0.1) is 0 Å². The van der Waals surface area contributed by atoms with E-state index in [9.17, 15) is 0 Å². The molecule has 0 unspecified atom stereocenters. The fourth-order valence-electron chi connectivity index (χ4n) is 7.96. The van der Waals surface area contributed by atoms with Gasteiger partial charge in [-0.2, -0.15) is 0 Å². The molecule has 244 valence electrons. The van der Waals surface area contributed by atoms with Gasteiger partial charge in [-0.3, -0.25) is 0 Å². The van der Waals surface area contributed by atoms with Crippen LogP contribution in [-0.2, 0) is 0 Å². The van der Waals surface area contributed by atoms with Gasteiger partial charge in [0.25, 0.3) is 0 Å². The molecule has 0 aliphatic carbocycles. The van der Waals surface area contributed by atoms with Crippen LogP contribution in [0.15, 0.2) is 206 Å². The van der Waals surface area contributed by atoms with Gasteiger partial charge in [0.1, 0.15) is 0 Å². The third kappa shape index (κ3) is 5.39. The molecule has 0 aliphatic heterocycles. The first-order chi connectivity index (χ1) is 25.8. The van der Waals surface area contributed by atoms with Crippen molar-refractivity contribution in [1.29, 1.82) is 0 Å². The van der Waals surface area contributed by atoms with Crippen molar-refractivity contribution in [3.63, 3.8) is 0 Å². The molecule has 0 heterocycles. The Balaban J connectivity index is 1.28. The summed E-state index contributed by atoms with van der Waals surface area (Å²) in [6.45, 7) is 0. The summed E-state index contributed by atoms with van der Waals surface area (Å²) in [5.74, 6) is 0. The van der Waals surface area contributed by atoms with E-state index >= 15 is 0 Å². The van der Waals surface area contributed by atoms with Crippen LogP contribution >= 0.6 is 15.8 Å². The summed E-state index contributed by atoms with van der Waals surface area (Å²) >= 11 is 0. The minimum atomic E-state index is -0.735. The zero-order chi connectivity index (χ0) is 34.4. The molecule has 0 saturated carbocycles. The van der Waals surface area contributed by atoms with Gasteiger partial charge in [-0.15, -0.1) is 0 Å². The second kappa shape index (κ2) is 13.2. The Labute approximate surface area is 306 Å². The average Bonchev–Trinajstić information content (AvgIpc) is 3.22. The molecule has 52 heavy (non-hydrogen) atoms. The lowest BCUT2D eigenvalue weighted by molar-refractivity contribution is 1.75. The van der Waals surface area contributed by atoms with Crippen molar-refractivity contribution in [2.75, 3.05) is 0 Å². The standard InChI is InChI=1S/C50H34P2/c1-5-13-40(14-6-1)51(41-15-7-2-8-16-41)44-31-29-35-21-23-37-25-27-39-28-26-38-24-22-36-30-32-45(34-47(36)49(38)50(39)48(37)46(35)33-44)52(42-17-9-3-10-18-42)43-19-11-4-12-20-43/h1-34H. The molecule has 0 aromatic heterocycles. The van der Waals surface area contributed by atoms with Crippen LogP contribution in [0.1, 0.15) is 0 Å². The van der Waals surface area contributed by atoms with E-state index in [0.29, 0.717) is 0 Å². The number of fused-ring (bicyclic) bond motifs is 9. The Morgan fingerprint density at radius 2 is 0.481 bits per heavy atom. The number of benzene rings is 10. The van der Waals surface area contributed by atoms with Crippen molar-refractivity contribution in [1.82, 2.24) is 0 Å². The largest absolute Gasteiger partial charge is 0.0622 e. The van der Waals surface area contributed by atoms with Crippen LogP contribution in [0.5, 0.6) is 0 Å². The summed E-state index contributed by atoms with van der Waals surface area (Å²) in [6.07, 6.45) is 0. The maximum Gasteiger partial charge on any atom is -0.00143 e. The molecule has 10 aromatic carbocycles. The Kier molecular flexibility index (Phi) is 7.88. The highest BCUT2D eigenvalue weighted by atomic mass is 31.1. The van der Waals surface area contributed by atoms with E-state index < -0.39 is 15.8 Å². The minimum absolute atomic E-state index is 0.735. The summed E-state index contributed by atoms with van der Waals surface area (Å²) < 4.78 is 0. The molecule has 0 spiro atoms. The van der Waals surface area contributed by atoms with Crippen LogP contribution in [0.25, 0.3) is 53.9 Å². The smallest absolute Gasteiger partial charge is 0.00143 e. The molecule has 0 saturated heterocycles. The van der Waals surface area contributed by atoms with E-state index in [1.54, 1.807) is 0 Å². The van der Waals surface area contributed by atoms with E-state index in [2.05, 4.69) is 206 Å². The van der Waals surface area contributed by atoms with Crippen molar-refractivity contribution in [2.45, 2.75) is 0 Å². The lowest BCUT2D eigenvalue weighted by Crippen LogP contribution is -2.20. The molecule has 2 heteroatoms. The molecule has 10 aromatic rings. The quantitative estimate of drug-likeness (QED) is 0.120. The maximum absolute atomic E-state index is 2.50. The fourth-order valence-corrected chi connectivity index (χ4v) is 12.6. The van der Waals surface area contributed by atoms with Gasteiger partial charge in [-0.25, -0.2) is 0 Å². The third-order valence-corrected chi connectivity index (χ3v) is 15.2. The first kappa shape index (κ1) is 31.1. The first-order valence-electron chi connectivity index (χ1n) is 17.9. The van der Waals surface area contributed by atoms with Crippen molar-refractivity contribution >= 4 is 102 Å². The van der Waals surface area contributed by atoms with Crippen LogP contribution in [0.4, 0.5) is 0 Å². The molecule has 0 N–H and O–H groups in total. The number of rotatable bonds is 6. The van der Waals surface area contributed by atoms with Gasteiger partial charge >= 0.3 is 0 Å². The summed E-state index contributed by atoms with van der Waals surface area (Å²) in [5, 5.41) is 21.2. The fraction of sp³-hybridized carbons (Fsp3) is 0. The molecule has 0 aliphatic rings. The maximum atomic E-state index is 2.50. The summed E-state index contributed by atoms with van der Waals surface area (Å²) in [4.78, 5) is 0. The monoisotopic (exact) mass is 696 g/mol. The van der Waals surface area contributed by atoms with Crippen molar-refractivity contribution < 1.29 is 0 Å². The Morgan fingerprint density at radius 3 is 0.808 bits per heavy atom. The van der Waals surface area contributed by atoms with Gasteiger partial charge in [-0.05, 0) is 114 Å². The lowest BCUT2D eigenvalue weighted by Gasteiger charge is -2.21. The highest BCUT2D eigenvalue weighted by Gasteiger charge is 2.20. The second-order valence-electron chi connectivity index (χ2n) is 13.4. The van der Waals surface area contributed by atoms with Gasteiger partial charge in [0, 0.05) is 0 Å². The number of hydrogen-bond donors (Lipinski definition) is 0. The molecule has 0 nitrogen and oxygen atoms in total. The SMILES string of the molecule is c1ccc(P(c2ccccc2)c2ccc3ccc4ccc5ccc6ccc7ccc(P(c8ccccc8)c8ccccc8)cc7c6c5c4c3c2)cc1. The number of hydrogen-bond acceptors (Lipinski definition) is 0. The molecule has 0 amide bonds. The summed E-state index contributed by atoms with van der Waals surface area (Å²) in [5.41, 5.74) is 0. The van der Waals surface area contributed by atoms with Crippen LogP contribution < -0.4 is 31.8 Å². The van der Waals surface area contributed by atoms with E-state index in [4.69, 9.17) is 0 Å². The average molecular weight is 697 g/mol. The summed E-state index contributed by atoms with van der Waals surface area (Å²) in [6, 6.07) is 77.1. The first-order valence-corrected chi connectivity index (χ1v) is 20.5. The van der Waals surface area contributed by atoms with Crippen molar-refractivity contribution in [2.24, 2.45) is 0 Å². The zero-order valence-corrected chi connectivity index (χ0v) is 30.3. The predicted octanol–water partition coefficient (Wildman–Crippen LogP) is 11.0. The molecular formula is C50H34P2. The zero-order valence-electron chi connectivity index (χ0n) is 28.5. The van der Waals surface area contributed by atoms with Gasteiger partial charge in [0.15, 0.2) is 0 Å². The highest BCUT2D eigenvalue weighted by molar-refractivity contribution is 7.80. The molecule has 0 atom stereocenters. The minimum Gasteiger partial charge on any atom is -0.0622 e. The second-order valence-corrected chi connectivity index (χ2v) is 17.8. The molecule has 0 fully saturated rings. The normalized spacial score (nSPS) is 11.8. The Hall–Kier alpha value is -5.64. The Morgan fingerprint density at radius 1 is 0.212 bits per heavy atom. The van der Waals surface area contributed by atoms with Crippen molar-refractivity contribution in [3.8, 4) is 0 Å². The van der Waals surface area contributed by atoms with Crippen molar-refractivity contribution in [3.05, 3.63) is 206 Å². The molecule has 10 rings (SSSR count). The van der Waals surface area contributed by atoms with E-state index in [0.717, 1.165) is 0 Å². The lowest BCUT2D eigenvalue weighted by atomic mass is 9.91. The molecule has 0 radical (unpaired) electrons. The van der Waals surface area contributed by atoms with E-state index in [1.807, 2.05) is 0 Å².